The largest absolute Gasteiger partial charge is 0.481 e. The highest BCUT2D eigenvalue weighted by Crippen LogP contribution is 2.01. The molecule has 0 atom stereocenters. The summed E-state index contributed by atoms with van der Waals surface area (Å²) in [4.78, 5) is 20.4. The molecule has 0 aliphatic heterocycles. The number of rotatable bonds is 10. The molecule has 0 aliphatic rings. The van der Waals surface area contributed by atoms with Gasteiger partial charge in [-0.05, 0) is 32.1 Å². The lowest BCUT2D eigenvalue weighted by Crippen LogP contribution is -1.92. The first kappa shape index (κ1) is 16.2. The van der Waals surface area contributed by atoms with Gasteiger partial charge in [0.05, 0.1) is 0 Å². The van der Waals surface area contributed by atoms with Crippen LogP contribution in [0.25, 0.3) is 0 Å². The number of aliphatic carboxylic acids is 2. The molecule has 0 aromatic heterocycles. The molecule has 0 rings (SSSR count). The molecule has 2 N–H and O–H groups in total. The van der Waals surface area contributed by atoms with Crippen LogP contribution in [-0.4, -0.2) is 22.2 Å². The zero-order valence-electron chi connectivity index (χ0n) is 10.4. The van der Waals surface area contributed by atoms with Gasteiger partial charge in [0.1, 0.15) is 0 Å². The number of carbonyl (C=O) groups is 2. The Morgan fingerprint density at radius 2 is 1.44 bits per heavy atom. The van der Waals surface area contributed by atoms with E-state index in [0.717, 1.165) is 31.8 Å². The molecule has 0 fully saturated rings. The Bertz CT molecular complexity index is 327. The molecule has 18 heavy (non-hydrogen) atoms. The molecule has 0 saturated heterocycles. The molecule has 0 saturated carbocycles. The van der Waals surface area contributed by atoms with Gasteiger partial charge in [0.25, 0.3) is 0 Å². The standard InChI is InChI=1S/C14H20O4/c15-13(16)11-9-7-5-3-1-2-4-6-8-10-12-14(17)18/h1,3-4,6,10,12H,2,5,7-9,11H2,(H,15,16)(H,17,18)/b3-1?,6-4?,12-10-. The highest BCUT2D eigenvalue weighted by molar-refractivity contribution is 5.79. The summed E-state index contributed by atoms with van der Waals surface area (Å²) in [6, 6.07) is 0. The van der Waals surface area contributed by atoms with Gasteiger partial charge in [-0.15, -0.1) is 0 Å². The zero-order valence-corrected chi connectivity index (χ0v) is 10.4. The van der Waals surface area contributed by atoms with Crippen LogP contribution in [0.3, 0.4) is 0 Å². The third-order valence-electron chi connectivity index (χ3n) is 2.15. The molecular weight excluding hydrogens is 232 g/mol. The van der Waals surface area contributed by atoms with Crippen LogP contribution in [0, 0.1) is 0 Å². The van der Waals surface area contributed by atoms with Crippen LogP contribution < -0.4 is 0 Å². The highest BCUT2D eigenvalue weighted by Gasteiger charge is 1.93. The maximum atomic E-state index is 10.2. The Hall–Kier alpha value is -1.84. The van der Waals surface area contributed by atoms with Crippen molar-refractivity contribution in [3.8, 4) is 0 Å². The van der Waals surface area contributed by atoms with Crippen LogP contribution in [-0.2, 0) is 9.59 Å². The third kappa shape index (κ3) is 14.2. The van der Waals surface area contributed by atoms with Crippen LogP contribution >= 0.6 is 0 Å². The molecule has 0 aromatic carbocycles. The van der Waals surface area contributed by atoms with E-state index < -0.39 is 11.9 Å². The molecule has 100 valence electrons. The van der Waals surface area contributed by atoms with Crippen molar-refractivity contribution in [1.82, 2.24) is 0 Å². The number of carboxylic acids is 2. The molecule has 4 heteroatoms. The Morgan fingerprint density at radius 3 is 2.06 bits per heavy atom. The topological polar surface area (TPSA) is 74.6 Å². The van der Waals surface area contributed by atoms with Crippen molar-refractivity contribution in [3.05, 3.63) is 36.5 Å². The van der Waals surface area contributed by atoms with E-state index in [1.807, 2.05) is 24.3 Å². The molecule has 0 bridgehead atoms. The predicted octanol–water partition coefficient (Wildman–Crippen LogP) is 3.16. The normalized spacial score (nSPS) is 11.8. The predicted molar refractivity (Wildman–Crippen MR) is 70.4 cm³/mol. The van der Waals surface area contributed by atoms with E-state index in [-0.39, 0.29) is 6.42 Å². The summed E-state index contributed by atoms with van der Waals surface area (Å²) >= 11 is 0. The Balaban J connectivity index is 3.39. The van der Waals surface area contributed by atoms with E-state index >= 15 is 0 Å². The van der Waals surface area contributed by atoms with Crippen LogP contribution in [0.4, 0.5) is 0 Å². The SMILES string of the molecule is O=C(O)/C=C\CC=CCC=CCCCCC(=O)O. The number of unbranched alkanes of at least 4 members (excludes halogenated alkanes) is 2. The van der Waals surface area contributed by atoms with Crippen molar-refractivity contribution < 1.29 is 19.8 Å². The average molecular weight is 252 g/mol. The Morgan fingerprint density at radius 1 is 0.833 bits per heavy atom. The summed E-state index contributed by atoms with van der Waals surface area (Å²) in [5.74, 6) is -1.67. The maximum Gasteiger partial charge on any atom is 0.327 e. The molecule has 4 nitrogen and oxygen atoms in total. The fourth-order valence-electron chi connectivity index (χ4n) is 1.27. The van der Waals surface area contributed by atoms with Crippen molar-refractivity contribution in [2.75, 3.05) is 0 Å². The van der Waals surface area contributed by atoms with Gasteiger partial charge in [0.2, 0.25) is 0 Å². The Labute approximate surface area is 107 Å². The van der Waals surface area contributed by atoms with Crippen LogP contribution in [0.1, 0.15) is 38.5 Å². The fourth-order valence-corrected chi connectivity index (χ4v) is 1.27. The second kappa shape index (κ2) is 11.6. The first-order valence-electron chi connectivity index (χ1n) is 6.04. The Kier molecular flexibility index (Phi) is 10.4. The number of hydrogen-bond donors (Lipinski definition) is 2. The van der Waals surface area contributed by atoms with Gasteiger partial charge in [0, 0.05) is 12.5 Å². The second-order valence-electron chi connectivity index (χ2n) is 3.79. The van der Waals surface area contributed by atoms with Gasteiger partial charge in [-0.3, -0.25) is 4.79 Å². The molecule has 0 amide bonds. The molecule has 0 radical (unpaired) electrons. The summed E-state index contributed by atoms with van der Waals surface area (Å²) in [6.07, 6.45) is 14.9. The lowest BCUT2D eigenvalue weighted by atomic mass is 10.2. The lowest BCUT2D eigenvalue weighted by molar-refractivity contribution is -0.137. The zero-order chi connectivity index (χ0) is 13.6. The van der Waals surface area contributed by atoms with Crippen molar-refractivity contribution in [3.63, 3.8) is 0 Å². The number of carboxylic acid groups (broad SMARTS) is 2. The first-order valence-corrected chi connectivity index (χ1v) is 6.04. The first-order chi connectivity index (χ1) is 8.63. The van der Waals surface area contributed by atoms with Crippen molar-refractivity contribution in [2.45, 2.75) is 38.5 Å². The lowest BCUT2D eigenvalue weighted by Gasteiger charge is -1.92. The van der Waals surface area contributed by atoms with Crippen molar-refractivity contribution >= 4 is 11.9 Å². The third-order valence-corrected chi connectivity index (χ3v) is 2.15. The van der Waals surface area contributed by atoms with E-state index in [4.69, 9.17) is 10.2 Å². The van der Waals surface area contributed by atoms with E-state index in [0.29, 0.717) is 6.42 Å². The summed E-state index contributed by atoms with van der Waals surface area (Å²) in [7, 11) is 0. The average Bonchev–Trinajstić information content (AvgIpc) is 2.29. The minimum absolute atomic E-state index is 0.240. The minimum atomic E-state index is -0.926. The van der Waals surface area contributed by atoms with Gasteiger partial charge in [-0.1, -0.05) is 30.4 Å². The molecule has 0 aromatic rings. The minimum Gasteiger partial charge on any atom is -0.481 e. The fraction of sp³-hybridized carbons (Fsp3) is 0.429. The molecule has 0 unspecified atom stereocenters. The highest BCUT2D eigenvalue weighted by atomic mass is 16.4. The van der Waals surface area contributed by atoms with Crippen molar-refractivity contribution in [2.24, 2.45) is 0 Å². The van der Waals surface area contributed by atoms with Gasteiger partial charge < -0.3 is 10.2 Å². The van der Waals surface area contributed by atoms with E-state index in [2.05, 4.69) is 0 Å². The monoisotopic (exact) mass is 252 g/mol. The second-order valence-corrected chi connectivity index (χ2v) is 3.79. The summed E-state index contributed by atoms with van der Waals surface area (Å²) < 4.78 is 0. The smallest absolute Gasteiger partial charge is 0.327 e. The summed E-state index contributed by atoms with van der Waals surface area (Å²) in [5.41, 5.74) is 0. The summed E-state index contributed by atoms with van der Waals surface area (Å²) in [5, 5.41) is 16.8. The van der Waals surface area contributed by atoms with Crippen LogP contribution in [0.2, 0.25) is 0 Å². The van der Waals surface area contributed by atoms with Crippen LogP contribution in [0.15, 0.2) is 36.5 Å². The summed E-state index contributed by atoms with van der Waals surface area (Å²) in [6.45, 7) is 0. The number of allylic oxidation sites excluding steroid dienone is 5. The van der Waals surface area contributed by atoms with Gasteiger partial charge >= 0.3 is 11.9 Å². The number of hydrogen-bond acceptors (Lipinski definition) is 2. The molecule has 0 heterocycles. The quantitative estimate of drug-likeness (QED) is 0.356. The van der Waals surface area contributed by atoms with Gasteiger partial charge in [0.15, 0.2) is 0 Å². The van der Waals surface area contributed by atoms with Crippen LogP contribution in [0.5, 0.6) is 0 Å². The maximum absolute atomic E-state index is 10.2. The molecule has 0 spiro atoms. The molecule has 0 aliphatic carbocycles. The van der Waals surface area contributed by atoms with E-state index in [1.165, 1.54) is 0 Å². The van der Waals surface area contributed by atoms with E-state index in [9.17, 15) is 9.59 Å². The van der Waals surface area contributed by atoms with Gasteiger partial charge in [-0.2, -0.15) is 0 Å². The van der Waals surface area contributed by atoms with Gasteiger partial charge in [-0.25, -0.2) is 4.79 Å². The van der Waals surface area contributed by atoms with E-state index in [1.54, 1.807) is 6.08 Å². The molecular formula is C14H20O4. The van der Waals surface area contributed by atoms with Crippen molar-refractivity contribution in [1.29, 1.82) is 0 Å².